The Morgan fingerprint density at radius 3 is 2.38 bits per heavy atom. The minimum absolute atomic E-state index is 0.340. The summed E-state index contributed by atoms with van der Waals surface area (Å²) in [5.74, 6) is 0.747. The van der Waals surface area contributed by atoms with Gasteiger partial charge in [-0.15, -0.1) is 0 Å². The fourth-order valence-corrected chi connectivity index (χ4v) is 3.58. The number of carbonyl (C=O) groups is 1. The summed E-state index contributed by atoms with van der Waals surface area (Å²) in [6.07, 6.45) is 7.67. The third-order valence-electron chi connectivity index (χ3n) is 5.02. The van der Waals surface area contributed by atoms with E-state index in [1.165, 1.54) is 56.9 Å². The number of ether oxygens (including phenoxy) is 1. The van der Waals surface area contributed by atoms with Crippen LogP contribution in [0.1, 0.15) is 80.1 Å². The molecule has 0 spiro atoms. The van der Waals surface area contributed by atoms with Crippen LogP contribution < -0.4 is 0 Å². The van der Waals surface area contributed by atoms with Crippen molar-refractivity contribution in [3.63, 3.8) is 0 Å². The highest BCUT2D eigenvalue weighted by Crippen LogP contribution is 2.37. The molecule has 0 atom stereocenters. The van der Waals surface area contributed by atoms with Crippen LogP contribution in [0.25, 0.3) is 0 Å². The molecule has 0 amide bonds. The highest BCUT2D eigenvalue weighted by atomic mass is 19.3. The van der Waals surface area contributed by atoms with E-state index in [0.717, 1.165) is 5.92 Å². The van der Waals surface area contributed by atoms with Crippen molar-refractivity contribution in [2.75, 3.05) is 6.61 Å². The number of rotatable bonds is 8. The van der Waals surface area contributed by atoms with Gasteiger partial charge in [0.05, 0.1) is 5.56 Å². The third kappa shape index (κ3) is 5.88. The molecule has 1 fully saturated rings. The van der Waals surface area contributed by atoms with E-state index in [4.69, 9.17) is 0 Å². The maximum Gasteiger partial charge on any atom is 0.338 e. The summed E-state index contributed by atoms with van der Waals surface area (Å²) in [5, 5.41) is 0. The summed E-state index contributed by atoms with van der Waals surface area (Å²) in [4.78, 5) is 11.6. The van der Waals surface area contributed by atoms with Gasteiger partial charge in [-0.1, -0.05) is 44.7 Å². The molecule has 1 aromatic rings. The highest BCUT2D eigenvalue weighted by molar-refractivity contribution is 5.89. The fourth-order valence-electron chi connectivity index (χ4n) is 3.58. The Balaban J connectivity index is 1.80. The number of esters is 1. The Morgan fingerprint density at radius 2 is 1.79 bits per heavy atom. The average Bonchev–Trinajstić information content (AvgIpc) is 2.60. The van der Waals surface area contributed by atoms with Gasteiger partial charge in [0, 0.05) is 0 Å². The van der Waals surface area contributed by atoms with E-state index in [9.17, 15) is 13.6 Å². The summed E-state index contributed by atoms with van der Waals surface area (Å²) in [6.45, 7) is 1.40. The molecule has 1 saturated carbocycles. The van der Waals surface area contributed by atoms with Gasteiger partial charge in [-0.3, -0.25) is 0 Å². The number of benzene rings is 1. The molecule has 0 unspecified atom stereocenters. The molecule has 1 aliphatic rings. The molecule has 0 saturated heterocycles. The second-order valence-electron chi connectivity index (χ2n) is 6.82. The van der Waals surface area contributed by atoms with Crippen molar-refractivity contribution in [1.82, 2.24) is 0 Å². The maximum absolute atomic E-state index is 12.1. The lowest BCUT2D eigenvalue weighted by atomic mass is 9.77. The van der Waals surface area contributed by atoms with Gasteiger partial charge in [0.1, 0.15) is 0 Å². The zero-order valence-electron chi connectivity index (χ0n) is 14.5. The standard InChI is InChI=1S/C20H28F2O2/c1-2-3-4-5-15-6-8-16(9-7-15)17-10-12-18(13-11-17)20(23)24-14-19(21)22/h10-13,15-16,19H,2-9,14H2,1H3. The number of hydrogen-bond donors (Lipinski definition) is 0. The van der Waals surface area contributed by atoms with Crippen LogP contribution in [-0.2, 0) is 4.74 Å². The van der Waals surface area contributed by atoms with E-state index in [1.54, 1.807) is 12.1 Å². The first-order chi connectivity index (χ1) is 11.6. The summed E-state index contributed by atoms with van der Waals surface area (Å²) in [6, 6.07) is 7.27. The van der Waals surface area contributed by atoms with Crippen molar-refractivity contribution < 1.29 is 18.3 Å². The van der Waals surface area contributed by atoms with Crippen LogP contribution in [0.2, 0.25) is 0 Å². The van der Waals surface area contributed by atoms with Crippen LogP contribution in [0.15, 0.2) is 24.3 Å². The molecule has 2 nitrogen and oxygen atoms in total. The predicted octanol–water partition coefficient (Wildman–Crippen LogP) is 5.96. The molecule has 0 aliphatic heterocycles. The van der Waals surface area contributed by atoms with Gasteiger partial charge in [-0.25, -0.2) is 13.6 Å². The van der Waals surface area contributed by atoms with Crippen LogP contribution in [0.5, 0.6) is 0 Å². The van der Waals surface area contributed by atoms with Crippen LogP contribution in [-0.4, -0.2) is 19.0 Å². The van der Waals surface area contributed by atoms with Crippen molar-refractivity contribution in [3.8, 4) is 0 Å². The summed E-state index contributed by atoms with van der Waals surface area (Å²) >= 11 is 0. The van der Waals surface area contributed by atoms with Crippen LogP contribution in [0, 0.1) is 5.92 Å². The maximum atomic E-state index is 12.1. The number of alkyl halides is 2. The Morgan fingerprint density at radius 1 is 1.12 bits per heavy atom. The van der Waals surface area contributed by atoms with Gasteiger partial charge in [0.15, 0.2) is 6.61 Å². The van der Waals surface area contributed by atoms with Gasteiger partial charge in [-0.05, 0) is 55.2 Å². The van der Waals surface area contributed by atoms with E-state index in [-0.39, 0.29) is 0 Å². The SMILES string of the molecule is CCCCCC1CCC(c2ccc(C(=O)OCC(F)F)cc2)CC1. The lowest BCUT2D eigenvalue weighted by Gasteiger charge is -2.29. The van der Waals surface area contributed by atoms with E-state index in [2.05, 4.69) is 11.7 Å². The molecule has 2 rings (SSSR count). The monoisotopic (exact) mass is 338 g/mol. The Labute approximate surface area is 143 Å². The minimum atomic E-state index is -2.62. The number of unbranched alkanes of at least 4 members (excludes halogenated alkanes) is 2. The number of carbonyl (C=O) groups excluding carboxylic acids is 1. The van der Waals surface area contributed by atoms with Crippen LogP contribution >= 0.6 is 0 Å². The van der Waals surface area contributed by atoms with Gasteiger partial charge >= 0.3 is 5.97 Å². The molecular formula is C20H28F2O2. The minimum Gasteiger partial charge on any atom is -0.456 e. The molecular weight excluding hydrogens is 310 g/mol. The first-order valence-corrected chi connectivity index (χ1v) is 9.15. The fraction of sp³-hybridized carbons (Fsp3) is 0.650. The molecule has 0 N–H and O–H groups in total. The van der Waals surface area contributed by atoms with E-state index < -0.39 is 19.0 Å². The molecule has 1 aromatic carbocycles. The highest BCUT2D eigenvalue weighted by Gasteiger charge is 2.22. The van der Waals surface area contributed by atoms with Crippen molar-refractivity contribution >= 4 is 5.97 Å². The van der Waals surface area contributed by atoms with Crippen molar-refractivity contribution in [2.24, 2.45) is 5.92 Å². The predicted molar refractivity (Wildman–Crippen MR) is 91.6 cm³/mol. The zero-order chi connectivity index (χ0) is 17.4. The smallest absolute Gasteiger partial charge is 0.338 e. The summed E-state index contributed by atoms with van der Waals surface area (Å²) in [5.41, 5.74) is 1.58. The van der Waals surface area contributed by atoms with Crippen molar-refractivity contribution in [2.45, 2.75) is 70.6 Å². The molecule has 0 aromatic heterocycles. The molecule has 0 bridgehead atoms. The van der Waals surface area contributed by atoms with E-state index in [0.29, 0.717) is 11.5 Å². The lowest BCUT2D eigenvalue weighted by Crippen LogP contribution is -2.14. The first-order valence-electron chi connectivity index (χ1n) is 9.15. The first kappa shape index (κ1) is 18.9. The van der Waals surface area contributed by atoms with E-state index in [1.807, 2.05) is 12.1 Å². The van der Waals surface area contributed by atoms with Crippen molar-refractivity contribution in [3.05, 3.63) is 35.4 Å². The Hall–Kier alpha value is -1.45. The second kappa shape index (κ2) is 9.75. The van der Waals surface area contributed by atoms with Gasteiger partial charge in [0.2, 0.25) is 0 Å². The summed E-state index contributed by atoms with van der Waals surface area (Å²) < 4.78 is 28.7. The van der Waals surface area contributed by atoms with Crippen LogP contribution in [0.3, 0.4) is 0 Å². The summed E-state index contributed by atoms with van der Waals surface area (Å²) in [7, 11) is 0. The van der Waals surface area contributed by atoms with E-state index >= 15 is 0 Å². The molecule has 4 heteroatoms. The van der Waals surface area contributed by atoms with Gasteiger partial charge in [-0.2, -0.15) is 0 Å². The lowest BCUT2D eigenvalue weighted by molar-refractivity contribution is 0.0160. The zero-order valence-corrected chi connectivity index (χ0v) is 14.5. The molecule has 0 heterocycles. The topological polar surface area (TPSA) is 26.3 Å². The Kier molecular flexibility index (Phi) is 7.67. The molecule has 134 valence electrons. The number of halogens is 2. The molecule has 0 radical (unpaired) electrons. The normalized spacial score (nSPS) is 21.0. The quantitative estimate of drug-likeness (QED) is 0.431. The van der Waals surface area contributed by atoms with Crippen LogP contribution in [0.4, 0.5) is 8.78 Å². The second-order valence-corrected chi connectivity index (χ2v) is 6.82. The van der Waals surface area contributed by atoms with Gasteiger partial charge < -0.3 is 4.74 Å². The largest absolute Gasteiger partial charge is 0.456 e. The van der Waals surface area contributed by atoms with Gasteiger partial charge in [0.25, 0.3) is 6.43 Å². The average molecular weight is 338 g/mol. The third-order valence-corrected chi connectivity index (χ3v) is 5.02. The molecule has 1 aliphatic carbocycles. The number of hydrogen-bond acceptors (Lipinski definition) is 2. The van der Waals surface area contributed by atoms with Crippen molar-refractivity contribution in [1.29, 1.82) is 0 Å². The Bertz CT molecular complexity index is 491. The molecule has 24 heavy (non-hydrogen) atoms.